The van der Waals surface area contributed by atoms with Crippen molar-refractivity contribution in [2.45, 2.75) is 171 Å². The number of hydrogen-bond acceptors (Lipinski definition) is 9. The van der Waals surface area contributed by atoms with Crippen molar-refractivity contribution in [2.75, 3.05) is 20.3 Å². The minimum absolute atomic E-state index is 0.000258. The summed E-state index contributed by atoms with van der Waals surface area (Å²) in [5.41, 5.74) is 16.5. The van der Waals surface area contributed by atoms with Crippen molar-refractivity contribution in [1.82, 2.24) is 5.32 Å². The van der Waals surface area contributed by atoms with Crippen molar-refractivity contribution < 1.29 is 29.6 Å². The first-order chi connectivity index (χ1) is 35.0. The average molecular weight is 974 g/mol. The van der Waals surface area contributed by atoms with E-state index in [9.17, 15) is 20.1 Å². The summed E-state index contributed by atoms with van der Waals surface area (Å²) in [5.74, 6) is 9.64. The number of aliphatic imine (C=N–C) groups is 1. The number of carbonyl (C=O) groups excluding carboxylic acids is 1. The number of ether oxygens (including phenoxy) is 2. The highest BCUT2D eigenvalue weighted by molar-refractivity contribution is 5.97. The first-order valence-electron chi connectivity index (χ1n) is 28.2. The molecule has 6 N–H and O–H groups in total. The van der Waals surface area contributed by atoms with Gasteiger partial charge in [-0.25, -0.2) is 4.99 Å². The fraction of sp³-hybridized carbons (Fsp3) is 0.587. The van der Waals surface area contributed by atoms with Crippen molar-refractivity contribution in [3.8, 4) is 29.1 Å². The number of ketones is 1. The maximum atomic E-state index is 14.8. The number of carbonyl (C=O) groups is 1. The second-order valence-corrected chi connectivity index (χ2v) is 23.8. The molecule has 0 saturated heterocycles. The predicted octanol–water partition coefficient (Wildman–Crippen LogP) is 11.8. The highest BCUT2D eigenvalue weighted by atomic mass is 16.5. The lowest BCUT2D eigenvalue weighted by molar-refractivity contribution is -0.116. The number of phenolic OH excluding ortho intramolecular Hbond substituents is 2. The third kappa shape index (κ3) is 9.53. The van der Waals surface area contributed by atoms with E-state index in [1.165, 1.54) is 23.1 Å². The zero-order valence-corrected chi connectivity index (χ0v) is 43.1. The summed E-state index contributed by atoms with van der Waals surface area (Å²) in [6.45, 7) is 5.14. The zero-order valence-electron chi connectivity index (χ0n) is 43.1. The highest BCUT2D eigenvalue weighted by Gasteiger charge is 2.49. The first-order valence-corrected chi connectivity index (χ1v) is 28.2. The molecule has 0 radical (unpaired) electrons. The Hall–Kier alpha value is -5.04. The number of guanidine groups is 1. The number of aromatic hydroxyl groups is 2. The van der Waals surface area contributed by atoms with E-state index in [4.69, 9.17) is 20.2 Å². The summed E-state index contributed by atoms with van der Waals surface area (Å²) in [5, 5.41) is 39.2. The van der Waals surface area contributed by atoms with Gasteiger partial charge in [0, 0.05) is 49.5 Å². The molecule has 1 spiro atoms. The number of phenols is 2. The molecule has 1 aliphatic heterocycles. The summed E-state index contributed by atoms with van der Waals surface area (Å²) >= 11 is 0. The Labute approximate surface area is 428 Å². The minimum Gasteiger partial charge on any atom is -0.508 e. The molecule has 4 saturated carbocycles. The molecule has 8 aliphatic rings. The van der Waals surface area contributed by atoms with Gasteiger partial charge in [-0.2, -0.15) is 0 Å². The van der Waals surface area contributed by atoms with Gasteiger partial charge < -0.3 is 35.8 Å². The maximum Gasteiger partial charge on any atom is 0.189 e. The first kappa shape index (κ1) is 49.2. The normalized spacial score (nSPS) is 32.1. The molecule has 72 heavy (non-hydrogen) atoms. The van der Waals surface area contributed by atoms with Crippen molar-refractivity contribution in [2.24, 2.45) is 52.2 Å². The molecule has 3 aromatic rings. The third-order valence-electron chi connectivity index (χ3n) is 19.2. The number of benzene rings is 3. The third-order valence-corrected chi connectivity index (χ3v) is 19.2. The number of fused-ring (bicyclic) bond motifs is 12. The topological polar surface area (TPSA) is 147 Å². The second kappa shape index (κ2) is 20.7. The van der Waals surface area contributed by atoms with E-state index in [-0.39, 0.29) is 94.8 Å². The molecule has 9 nitrogen and oxygen atoms in total. The Morgan fingerprint density at radius 2 is 1.74 bits per heavy atom. The minimum atomic E-state index is -0.361. The van der Waals surface area contributed by atoms with Crippen LogP contribution in [0.2, 0.25) is 0 Å². The fourth-order valence-electron chi connectivity index (χ4n) is 15.8. The highest BCUT2D eigenvalue weighted by Crippen LogP contribution is 2.60. The molecule has 7 aliphatic carbocycles. The molecule has 382 valence electrons. The van der Waals surface area contributed by atoms with Gasteiger partial charge in [-0.15, -0.1) is 0 Å². The van der Waals surface area contributed by atoms with Crippen LogP contribution in [0.25, 0.3) is 0 Å². The van der Waals surface area contributed by atoms with Crippen LogP contribution in [0.15, 0.2) is 76.8 Å². The Morgan fingerprint density at radius 3 is 2.53 bits per heavy atom. The average Bonchev–Trinajstić information content (AvgIpc) is 3.83. The molecular formula is C63H79N3O6. The van der Waals surface area contributed by atoms with Crippen LogP contribution in [0.3, 0.4) is 0 Å². The molecular weight excluding hydrogens is 895 g/mol. The van der Waals surface area contributed by atoms with E-state index in [0.717, 1.165) is 123 Å². The molecule has 9 heteroatoms. The van der Waals surface area contributed by atoms with Gasteiger partial charge in [0.15, 0.2) is 23.2 Å². The molecule has 3 aromatic carbocycles. The van der Waals surface area contributed by atoms with Crippen LogP contribution >= 0.6 is 0 Å². The standard InChI is InChI=1S/C63H79N3O6/c1-4-40-31-53-41(28-45(40)35-67)18-19-42(33-57(53)69)52-34-58(72-49-15-6-7-16-49)61(70)60-50(52)17-11-14-47-29-44-32-54-51(22-37(2)23-55(54)59(60)56(44)36-71-3)43-25-39(27-48(68)30-43)24-38-12-10-13-46(26-38)63(66-62(64)65-47)20-8-5-9-21-63/h10,12-13,25-27,30-32,34,37,40-42,44-45,47,49,51,55-56,59,67-68,70H,4-9,14-16,18-24,28-29,33,35-36H2,1-3H3,(H3,64,65,66)/t37-,40+,41-,42+,44-,45-,47-,51-,55-,56+,59+/m0/s1. The molecule has 11 atom stereocenters. The van der Waals surface area contributed by atoms with E-state index in [1.54, 1.807) is 7.11 Å². The van der Waals surface area contributed by atoms with E-state index < -0.39 is 0 Å². The van der Waals surface area contributed by atoms with E-state index in [2.05, 4.69) is 79.6 Å². The number of Topliss-reactive ketones (excluding diaryl/α,β-unsaturated/α-hetero) is 1. The summed E-state index contributed by atoms with van der Waals surface area (Å²) in [6.07, 6.45) is 21.6. The number of aliphatic hydroxyl groups excluding tert-OH is 1. The summed E-state index contributed by atoms with van der Waals surface area (Å²) in [7, 11) is 1.80. The van der Waals surface area contributed by atoms with Gasteiger partial charge in [0.25, 0.3) is 0 Å². The Bertz CT molecular complexity index is 2680. The van der Waals surface area contributed by atoms with Gasteiger partial charge in [0.1, 0.15) is 5.75 Å². The largest absolute Gasteiger partial charge is 0.508 e. The molecule has 4 fully saturated rings. The van der Waals surface area contributed by atoms with E-state index in [1.807, 2.05) is 12.1 Å². The Kier molecular flexibility index (Phi) is 14.1. The maximum absolute atomic E-state index is 14.8. The zero-order chi connectivity index (χ0) is 49.7. The Morgan fingerprint density at radius 1 is 0.917 bits per heavy atom. The number of hydrogen-bond donors (Lipinski definition) is 5. The molecule has 0 unspecified atom stereocenters. The molecule has 0 aromatic heterocycles. The number of nitrogens with one attached hydrogen (secondary N) is 1. The SMILES string of the molecule is CC[C@@H]1C=C2C(=O)C[C@H](c3cc(OC4CCCC4)c(O)c4c3C#CC[C@H]3C[C@H]5C=C6[C@@H](C[C@H](C)C[C@@H]6[C@@H]4[C@@H]5COC)c4cc(O)cc(c4)Cc4cccc(c4)C4(CCCCC4)NC(N)=N3)CC[C@H]2C[C@H]1CO. The summed E-state index contributed by atoms with van der Waals surface area (Å²) in [6, 6.07) is 17.1. The fourth-order valence-corrected chi connectivity index (χ4v) is 15.8. The van der Waals surface area contributed by atoms with Crippen LogP contribution < -0.4 is 15.8 Å². The molecule has 1 heterocycles. The van der Waals surface area contributed by atoms with Gasteiger partial charge in [0.2, 0.25) is 0 Å². The van der Waals surface area contributed by atoms with Crippen molar-refractivity contribution in [3.05, 3.63) is 111 Å². The van der Waals surface area contributed by atoms with Gasteiger partial charge in [-0.1, -0.05) is 93.0 Å². The van der Waals surface area contributed by atoms with Crippen LogP contribution in [0.4, 0.5) is 0 Å². The number of aliphatic hydroxyl groups is 1. The van der Waals surface area contributed by atoms with Crippen LogP contribution in [-0.4, -0.2) is 59.5 Å². The van der Waals surface area contributed by atoms with Crippen molar-refractivity contribution in [1.29, 1.82) is 0 Å². The lowest BCUT2D eigenvalue weighted by Crippen LogP contribution is -2.50. The molecule has 8 bridgehead atoms. The monoisotopic (exact) mass is 974 g/mol. The Balaban J connectivity index is 1.13. The van der Waals surface area contributed by atoms with Crippen LogP contribution in [-0.2, 0) is 21.5 Å². The molecule has 11 rings (SSSR count). The van der Waals surface area contributed by atoms with Gasteiger partial charge in [-0.3, -0.25) is 4.79 Å². The summed E-state index contributed by atoms with van der Waals surface area (Å²) < 4.78 is 13.3. The van der Waals surface area contributed by atoms with Gasteiger partial charge in [0.05, 0.1) is 24.3 Å². The van der Waals surface area contributed by atoms with Crippen LogP contribution in [0.1, 0.15) is 186 Å². The number of nitrogens with two attached hydrogens (primary N) is 1. The number of nitrogens with zero attached hydrogens (tertiary/aromatic N) is 1. The van der Waals surface area contributed by atoms with E-state index >= 15 is 0 Å². The van der Waals surface area contributed by atoms with Crippen LogP contribution in [0, 0.1) is 53.3 Å². The van der Waals surface area contributed by atoms with Crippen molar-refractivity contribution >= 4 is 11.7 Å². The lowest BCUT2D eigenvalue weighted by atomic mass is 9.55. The van der Waals surface area contributed by atoms with Crippen LogP contribution in [0.5, 0.6) is 17.2 Å². The van der Waals surface area contributed by atoms with E-state index in [0.29, 0.717) is 49.9 Å². The smallest absolute Gasteiger partial charge is 0.189 e. The number of allylic oxidation sites excluding steroid dienone is 4. The number of methoxy groups -OCH3 is 1. The van der Waals surface area contributed by atoms with Gasteiger partial charge in [-0.05, 0) is 189 Å². The summed E-state index contributed by atoms with van der Waals surface area (Å²) in [4.78, 5) is 20.2. The van der Waals surface area contributed by atoms with Crippen molar-refractivity contribution in [3.63, 3.8) is 0 Å². The van der Waals surface area contributed by atoms with Gasteiger partial charge >= 0.3 is 0 Å². The lowest BCUT2D eigenvalue weighted by Gasteiger charge is -2.50. The predicted molar refractivity (Wildman–Crippen MR) is 284 cm³/mol. The second-order valence-electron chi connectivity index (χ2n) is 23.8. The quantitative estimate of drug-likeness (QED) is 0.116. The molecule has 0 amide bonds. The number of rotatable bonds is 7.